The Balaban J connectivity index is 1.67. The van der Waals surface area contributed by atoms with Gasteiger partial charge in [0.05, 0.1) is 18.7 Å². The quantitative estimate of drug-likeness (QED) is 0.747. The minimum absolute atomic E-state index is 0.0515. The van der Waals surface area contributed by atoms with E-state index in [2.05, 4.69) is 70.5 Å². The van der Waals surface area contributed by atoms with Gasteiger partial charge in [-0.2, -0.15) is 0 Å². The van der Waals surface area contributed by atoms with Crippen molar-refractivity contribution in [1.82, 2.24) is 9.80 Å². The number of esters is 1. The van der Waals surface area contributed by atoms with Gasteiger partial charge < -0.3 is 4.74 Å². The van der Waals surface area contributed by atoms with Crippen molar-refractivity contribution in [2.24, 2.45) is 0 Å². The second kappa shape index (κ2) is 8.97. The molecule has 1 saturated heterocycles. The molecule has 1 heterocycles. The van der Waals surface area contributed by atoms with Crippen molar-refractivity contribution < 1.29 is 9.53 Å². The zero-order valence-corrected chi connectivity index (χ0v) is 15.7. The Morgan fingerprint density at radius 1 is 0.885 bits per heavy atom. The SMILES string of the molecule is CC(C)OC(=O)CN1CCN(C(c2ccccc2)c2ccccc2)CC1. The van der Waals surface area contributed by atoms with E-state index in [9.17, 15) is 4.79 Å². The van der Waals surface area contributed by atoms with Crippen molar-refractivity contribution in [3.8, 4) is 0 Å². The van der Waals surface area contributed by atoms with Crippen LogP contribution in [0.15, 0.2) is 60.7 Å². The predicted molar refractivity (Wildman–Crippen MR) is 104 cm³/mol. The van der Waals surface area contributed by atoms with E-state index in [1.807, 2.05) is 13.8 Å². The number of nitrogens with zero attached hydrogens (tertiary/aromatic N) is 2. The Bertz CT molecular complexity index is 640. The average Bonchev–Trinajstić information content (AvgIpc) is 2.64. The smallest absolute Gasteiger partial charge is 0.320 e. The Labute approximate surface area is 156 Å². The molecule has 0 saturated carbocycles. The Hall–Kier alpha value is -2.17. The van der Waals surface area contributed by atoms with Gasteiger partial charge in [0, 0.05) is 26.2 Å². The summed E-state index contributed by atoms with van der Waals surface area (Å²) in [5.74, 6) is -0.129. The number of benzene rings is 2. The molecular formula is C22H28N2O2. The fourth-order valence-electron chi connectivity index (χ4n) is 3.55. The summed E-state index contributed by atoms with van der Waals surface area (Å²) in [6, 6.07) is 21.6. The molecule has 1 aliphatic rings. The van der Waals surface area contributed by atoms with Crippen LogP contribution >= 0.6 is 0 Å². The van der Waals surface area contributed by atoms with E-state index in [0.29, 0.717) is 6.54 Å². The van der Waals surface area contributed by atoms with E-state index < -0.39 is 0 Å². The highest BCUT2D eigenvalue weighted by atomic mass is 16.5. The fourth-order valence-corrected chi connectivity index (χ4v) is 3.55. The molecule has 3 rings (SSSR count). The molecule has 0 spiro atoms. The van der Waals surface area contributed by atoms with Crippen LogP contribution in [0.1, 0.15) is 31.0 Å². The molecule has 0 atom stereocenters. The zero-order chi connectivity index (χ0) is 18.4. The molecule has 4 heteroatoms. The summed E-state index contributed by atoms with van der Waals surface area (Å²) < 4.78 is 5.27. The predicted octanol–water partition coefficient (Wildman–Crippen LogP) is 3.35. The molecule has 0 unspecified atom stereocenters. The first-order chi connectivity index (χ1) is 12.6. The summed E-state index contributed by atoms with van der Waals surface area (Å²) >= 11 is 0. The van der Waals surface area contributed by atoms with Crippen LogP contribution in [-0.4, -0.2) is 54.6 Å². The second-order valence-corrected chi connectivity index (χ2v) is 7.07. The molecule has 4 nitrogen and oxygen atoms in total. The third kappa shape index (κ3) is 4.93. The van der Waals surface area contributed by atoms with Gasteiger partial charge in [0.15, 0.2) is 0 Å². The van der Waals surface area contributed by atoms with Gasteiger partial charge in [-0.1, -0.05) is 60.7 Å². The normalized spacial score (nSPS) is 16.2. The number of ether oxygens (including phenoxy) is 1. The maximum absolute atomic E-state index is 11.9. The summed E-state index contributed by atoms with van der Waals surface area (Å²) in [5, 5.41) is 0. The van der Waals surface area contributed by atoms with Crippen LogP contribution in [0.2, 0.25) is 0 Å². The molecule has 0 amide bonds. The largest absolute Gasteiger partial charge is 0.462 e. The van der Waals surface area contributed by atoms with Gasteiger partial charge in [0.2, 0.25) is 0 Å². The van der Waals surface area contributed by atoms with Crippen molar-refractivity contribution in [3.63, 3.8) is 0 Å². The minimum Gasteiger partial charge on any atom is -0.462 e. The van der Waals surface area contributed by atoms with E-state index in [4.69, 9.17) is 4.74 Å². The van der Waals surface area contributed by atoms with Crippen molar-refractivity contribution in [2.75, 3.05) is 32.7 Å². The van der Waals surface area contributed by atoms with Crippen LogP contribution in [0.25, 0.3) is 0 Å². The number of piperazine rings is 1. The van der Waals surface area contributed by atoms with Crippen molar-refractivity contribution in [3.05, 3.63) is 71.8 Å². The number of hydrogen-bond donors (Lipinski definition) is 0. The van der Waals surface area contributed by atoms with E-state index in [1.165, 1.54) is 11.1 Å². The van der Waals surface area contributed by atoms with Crippen molar-refractivity contribution in [2.45, 2.75) is 26.0 Å². The van der Waals surface area contributed by atoms with Crippen LogP contribution in [0.5, 0.6) is 0 Å². The molecule has 0 bridgehead atoms. The highest BCUT2D eigenvalue weighted by molar-refractivity contribution is 5.71. The molecule has 0 aliphatic carbocycles. The molecule has 2 aromatic rings. The van der Waals surface area contributed by atoms with Crippen LogP contribution in [-0.2, 0) is 9.53 Å². The van der Waals surface area contributed by atoms with E-state index in [-0.39, 0.29) is 18.1 Å². The molecule has 0 N–H and O–H groups in total. The molecule has 1 fully saturated rings. The third-order valence-corrected chi connectivity index (χ3v) is 4.72. The second-order valence-electron chi connectivity index (χ2n) is 7.07. The van der Waals surface area contributed by atoms with Gasteiger partial charge in [-0.25, -0.2) is 0 Å². The summed E-state index contributed by atoms with van der Waals surface area (Å²) in [6.07, 6.45) is -0.0515. The van der Waals surface area contributed by atoms with E-state index in [0.717, 1.165) is 26.2 Å². The Kier molecular flexibility index (Phi) is 6.42. The van der Waals surface area contributed by atoms with Gasteiger partial charge >= 0.3 is 5.97 Å². The summed E-state index contributed by atoms with van der Waals surface area (Å²) in [7, 11) is 0. The van der Waals surface area contributed by atoms with Crippen LogP contribution < -0.4 is 0 Å². The standard InChI is InChI=1S/C22H28N2O2/c1-18(2)26-21(25)17-23-13-15-24(16-14-23)22(19-9-5-3-6-10-19)20-11-7-4-8-12-20/h3-12,18,22H,13-17H2,1-2H3. The highest BCUT2D eigenvalue weighted by Gasteiger charge is 2.27. The van der Waals surface area contributed by atoms with Gasteiger partial charge in [-0.15, -0.1) is 0 Å². The molecule has 0 radical (unpaired) electrons. The lowest BCUT2D eigenvalue weighted by Gasteiger charge is -2.39. The van der Waals surface area contributed by atoms with Crippen LogP contribution in [0.3, 0.4) is 0 Å². The van der Waals surface area contributed by atoms with E-state index in [1.54, 1.807) is 0 Å². The number of hydrogen-bond acceptors (Lipinski definition) is 4. The summed E-state index contributed by atoms with van der Waals surface area (Å²) in [4.78, 5) is 16.6. The fraction of sp³-hybridized carbons (Fsp3) is 0.409. The number of carbonyl (C=O) groups excluding carboxylic acids is 1. The van der Waals surface area contributed by atoms with E-state index >= 15 is 0 Å². The zero-order valence-electron chi connectivity index (χ0n) is 15.7. The first-order valence-electron chi connectivity index (χ1n) is 9.39. The van der Waals surface area contributed by atoms with Gasteiger partial charge in [-0.05, 0) is 25.0 Å². The topological polar surface area (TPSA) is 32.8 Å². The lowest BCUT2D eigenvalue weighted by Crippen LogP contribution is -2.49. The Morgan fingerprint density at radius 2 is 1.38 bits per heavy atom. The third-order valence-electron chi connectivity index (χ3n) is 4.72. The molecule has 2 aromatic carbocycles. The molecular weight excluding hydrogens is 324 g/mol. The van der Waals surface area contributed by atoms with Gasteiger partial charge in [0.1, 0.15) is 0 Å². The lowest BCUT2D eigenvalue weighted by atomic mass is 9.96. The first kappa shape index (κ1) is 18.6. The van der Waals surface area contributed by atoms with Crippen molar-refractivity contribution in [1.29, 1.82) is 0 Å². The maximum atomic E-state index is 11.9. The van der Waals surface area contributed by atoms with Crippen LogP contribution in [0, 0.1) is 0 Å². The van der Waals surface area contributed by atoms with Gasteiger partial charge in [-0.3, -0.25) is 14.6 Å². The maximum Gasteiger partial charge on any atom is 0.320 e. The number of carbonyl (C=O) groups is 1. The summed E-state index contributed by atoms with van der Waals surface area (Å²) in [6.45, 7) is 7.78. The summed E-state index contributed by atoms with van der Waals surface area (Å²) in [5.41, 5.74) is 2.62. The molecule has 1 aliphatic heterocycles. The molecule has 26 heavy (non-hydrogen) atoms. The monoisotopic (exact) mass is 352 g/mol. The minimum atomic E-state index is -0.129. The lowest BCUT2D eigenvalue weighted by molar-refractivity contribution is -0.149. The molecule has 0 aromatic heterocycles. The first-order valence-corrected chi connectivity index (χ1v) is 9.39. The molecule has 138 valence electrons. The van der Waals surface area contributed by atoms with Gasteiger partial charge in [0.25, 0.3) is 0 Å². The van der Waals surface area contributed by atoms with Crippen LogP contribution in [0.4, 0.5) is 0 Å². The number of rotatable bonds is 6. The average molecular weight is 352 g/mol. The van der Waals surface area contributed by atoms with Crippen molar-refractivity contribution >= 4 is 5.97 Å². The highest BCUT2D eigenvalue weighted by Crippen LogP contribution is 2.29. The Morgan fingerprint density at radius 3 is 1.85 bits per heavy atom.